The van der Waals surface area contributed by atoms with Crippen LogP contribution in [0.15, 0.2) is 36.5 Å². The van der Waals surface area contributed by atoms with Crippen LogP contribution in [-0.4, -0.2) is 36.0 Å². The average molecular weight is 273 g/mol. The Kier molecular flexibility index (Phi) is 4.30. The molecule has 1 aromatic carbocycles. The van der Waals surface area contributed by atoms with Gasteiger partial charge in [0.15, 0.2) is 0 Å². The number of anilines is 1. The smallest absolute Gasteiger partial charge is 0.270 e. The molecule has 0 saturated carbocycles. The van der Waals surface area contributed by atoms with E-state index in [1.165, 1.54) is 0 Å². The fraction of sp³-hybridized carbons (Fsp3) is 0.267. The molecule has 0 unspecified atom stereocenters. The van der Waals surface area contributed by atoms with Crippen LogP contribution in [0.25, 0.3) is 0 Å². The standard InChI is InChI=1S/C15H19N3O2/c1-11-4-3-5-13(8-11)20-7-6-18(2)15(19)14-9-12(16)10-17-14/h3-5,8-10,17H,6-7,16H2,1-2H3. The number of aromatic nitrogens is 1. The molecule has 1 heterocycles. The summed E-state index contributed by atoms with van der Waals surface area (Å²) in [5.41, 5.74) is 7.77. The summed E-state index contributed by atoms with van der Waals surface area (Å²) in [6.07, 6.45) is 1.60. The summed E-state index contributed by atoms with van der Waals surface area (Å²) in [6, 6.07) is 9.45. The summed E-state index contributed by atoms with van der Waals surface area (Å²) >= 11 is 0. The molecule has 0 atom stereocenters. The lowest BCUT2D eigenvalue weighted by Crippen LogP contribution is -2.31. The Morgan fingerprint density at radius 2 is 2.20 bits per heavy atom. The van der Waals surface area contributed by atoms with Crippen molar-refractivity contribution in [3.8, 4) is 5.75 Å². The Morgan fingerprint density at radius 3 is 2.85 bits per heavy atom. The van der Waals surface area contributed by atoms with Crippen molar-refractivity contribution >= 4 is 11.6 Å². The minimum atomic E-state index is -0.102. The number of amides is 1. The molecule has 0 fully saturated rings. The third-order valence-corrected chi connectivity index (χ3v) is 2.97. The van der Waals surface area contributed by atoms with E-state index in [1.54, 1.807) is 24.2 Å². The highest BCUT2D eigenvalue weighted by atomic mass is 16.5. The summed E-state index contributed by atoms with van der Waals surface area (Å²) in [4.78, 5) is 16.5. The van der Waals surface area contributed by atoms with Gasteiger partial charge < -0.3 is 20.4 Å². The Labute approximate surface area is 118 Å². The molecule has 0 aliphatic carbocycles. The first-order valence-corrected chi connectivity index (χ1v) is 6.45. The molecule has 0 bridgehead atoms. The number of carbonyl (C=O) groups is 1. The van der Waals surface area contributed by atoms with Gasteiger partial charge in [-0.05, 0) is 30.7 Å². The number of aromatic amines is 1. The highest BCUT2D eigenvalue weighted by Gasteiger charge is 2.13. The SMILES string of the molecule is Cc1cccc(OCCN(C)C(=O)c2cc(N)c[nH]2)c1. The molecule has 106 valence electrons. The van der Waals surface area contributed by atoms with Gasteiger partial charge in [0.05, 0.1) is 6.54 Å². The van der Waals surface area contributed by atoms with E-state index in [-0.39, 0.29) is 5.91 Å². The maximum absolute atomic E-state index is 12.0. The highest BCUT2D eigenvalue weighted by molar-refractivity contribution is 5.93. The zero-order valence-corrected chi connectivity index (χ0v) is 11.7. The molecule has 0 saturated heterocycles. The van der Waals surface area contributed by atoms with E-state index in [9.17, 15) is 4.79 Å². The van der Waals surface area contributed by atoms with Gasteiger partial charge in [-0.3, -0.25) is 4.79 Å². The number of hydrogen-bond acceptors (Lipinski definition) is 3. The van der Waals surface area contributed by atoms with Crippen LogP contribution in [0.5, 0.6) is 5.75 Å². The molecular weight excluding hydrogens is 254 g/mol. The van der Waals surface area contributed by atoms with Crippen LogP contribution >= 0.6 is 0 Å². The number of ether oxygens (including phenoxy) is 1. The zero-order chi connectivity index (χ0) is 14.5. The van der Waals surface area contributed by atoms with Crippen molar-refractivity contribution in [2.75, 3.05) is 25.9 Å². The molecule has 0 spiro atoms. The number of nitrogens with two attached hydrogens (primary N) is 1. The second-order valence-electron chi connectivity index (χ2n) is 4.74. The van der Waals surface area contributed by atoms with Crippen LogP contribution in [0.2, 0.25) is 0 Å². The second-order valence-corrected chi connectivity index (χ2v) is 4.74. The van der Waals surface area contributed by atoms with Crippen molar-refractivity contribution in [2.45, 2.75) is 6.92 Å². The van der Waals surface area contributed by atoms with Crippen molar-refractivity contribution in [2.24, 2.45) is 0 Å². The topological polar surface area (TPSA) is 71.3 Å². The number of aryl methyl sites for hydroxylation is 1. The molecule has 20 heavy (non-hydrogen) atoms. The Bertz CT molecular complexity index is 592. The summed E-state index contributed by atoms with van der Waals surface area (Å²) in [5.74, 6) is 0.713. The minimum Gasteiger partial charge on any atom is -0.492 e. The molecule has 0 aliphatic rings. The lowest BCUT2D eigenvalue weighted by Gasteiger charge is -2.16. The lowest BCUT2D eigenvalue weighted by molar-refractivity contribution is 0.0768. The van der Waals surface area contributed by atoms with Gasteiger partial charge in [0.25, 0.3) is 5.91 Å². The van der Waals surface area contributed by atoms with E-state index >= 15 is 0 Å². The van der Waals surface area contributed by atoms with E-state index in [2.05, 4.69) is 4.98 Å². The van der Waals surface area contributed by atoms with Crippen LogP contribution in [0, 0.1) is 6.92 Å². The van der Waals surface area contributed by atoms with Crippen molar-refractivity contribution in [3.63, 3.8) is 0 Å². The van der Waals surface area contributed by atoms with Gasteiger partial charge in [-0.1, -0.05) is 12.1 Å². The number of nitrogens with one attached hydrogen (secondary N) is 1. The van der Waals surface area contributed by atoms with Gasteiger partial charge in [-0.15, -0.1) is 0 Å². The van der Waals surface area contributed by atoms with E-state index in [4.69, 9.17) is 10.5 Å². The summed E-state index contributed by atoms with van der Waals surface area (Å²) in [5, 5.41) is 0. The first-order valence-electron chi connectivity index (χ1n) is 6.45. The van der Waals surface area contributed by atoms with E-state index in [0.717, 1.165) is 11.3 Å². The van der Waals surface area contributed by atoms with Gasteiger partial charge in [0.2, 0.25) is 0 Å². The summed E-state index contributed by atoms with van der Waals surface area (Å²) in [7, 11) is 1.74. The van der Waals surface area contributed by atoms with Gasteiger partial charge in [-0.2, -0.15) is 0 Å². The monoisotopic (exact) mass is 273 g/mol. The number of carbonyl (C=O) groups excluding carboxylic acids is 1. The van der Waals surface area contributed by atoms with Gasteiger partial charge in [0.1, 0.15) is 18.1 Å². The zero-order valence-electron chi connectivity index (χ0n) is 11.7. The Balaban J connectivity index is 1.83. The lowest BCUT2D eigenvalue weighted by atomic mass is 10.2. The largest absolute Gasteiger partial charge is 0.492 e. The molecule has 1 aromatic heterocycles. The van der Waals surface area contributed by atoms with Crippen LogP contribution in [0.3, 0.4) is 0 Å². The second kappa shape index (κ2) is 6.14. The van der Waals surface area contributed by atoms with Gasteiger partial charge in [-0.25, -0.2) is 0 Å². The minimum absolute atomic E-state index is 0.102. The van der Waals surface area contributed by atoms with E-state index in [0.29, 0.717) is 24.5 Å². The fourth-order valence-electron chi connectivity index (χ4n) is 1.85. The number of hydrogen-bond donors (Lipinski definition) is 2. The predicted octanol–water partition coefficient (Wildman–Crippen LogP) is 2.06. The number of H-pyrrole nitrogens is 1. The highest BCUT2D eigenvalue weighted by Crippen LogP contribution is 2.12. The quantitative estimate of drug-likeness (QED) is 0.876. The average Bonchev–Trinajstić information content (AvgIpc) is 2.84. The van der Waals surface area contributed by atoms with Crippen molar-refractivity contribution in [3.05, 3.63) is 47.8 Å². The number of benzene rings is 1. The number of likely N-dealkylation sites (N-methyl/N-ethyl adjacent to an activating group) is 1. The molecule has 1 amide bonds. The molecular formula is C15H19N3O2. The summed E-state index contributed by atoms with van der Waals surface area (Å²) in [6.45, 7) is 2.96. The van der Waals surface area contributed by atoms with Crippen LogP contribution in [-0.2, 0) is 0 Å². The van der Waals surface area contributed by atoms with E-state index in [1.807, 2.05) is 31.2 Å². The molecule has 5 nitrogen and oxygen atoms in total. The van der Waals surface area contributed by atoms with Crippen molar-refractivity contribution in [1.82, 2.24) is 9.88 Å². The molecule has 0 radical (unpaired) electrons. The molecule has 2 aromatic rings. The van der Waals surface area contributed by atoms with Crippen molar-refractivity contribution in [1.29, 1.82) is 0 Å². The molecule has 2 rings (SSSR count). The summed E-state index contributed by atoms with van der Waals surface area (Å²) < 4.78 is 5.62. The first kappa shape index (κ1) is 14.0. The van der Waals surface area contributed by atoms with Gasteiger partial charge in [0, 0.05) is 18.9 Å². The first-order chi connectivity index (χ1) is 9.56. The van der Waals surface area contributed by atoms with E-state index < -0.39 is 0 Å². The number of nitrogens with zero attached hydrogens (tertiary/aromatic N) is 1. The number of rotatable bonds is 5. The van der Waals surface area contributed by atoms with Crippen LogP contribution < -0.4 is 10.5 Å². The van der Waals surface area contributed by atoms with Crippen LogP contribution in [0.1, 0.15) is 16.1 Å². The predicted molar refractivity (Wildman–Crippen MR) is 78.8 cm³/mol. The van der Waals surface area contributed by atoms with Crippen LogP contribution in [0.4, 0.5) is 5.69 Å². The fourth-order valence-corrected chi connectivity index (χ4v) is 1.85. The molecule has 3 N–H and O–H groups in total. The number of nitrogen functional groups attached to an aromatic ring is 1. The maximum Gasteiger partial charge on any atom is 0.270 e. The maximum atomic E-state index is 12.0. The third-order valence-electron chi connectivity index (χ3n) is 2.97. The van der Waals surface area contributed by atoms with Crippen molar-refractivity contribution < 1.29 is 9.53 Å². The molecule has 0 aliphatic heterocycles. The Hall–Kier alpha value is -2.43. The van der Waals surface area contributed by atoms with Gasteiger partial charge >= 0.3 is 0 Å². The third kappa shape index (κ3) is 3.54. The normalized spacial score (nSPS) is 10.3. The Morgan fingerprint density at radius 1 is 1.40 bits per heavy atom. The molecule has 5 heteroatoms.